The molecule has 2 fully saturated rings. The van der Waals surface area contributed by atoms with Gasteiger partial charge in [-0.2, -0.15) is 0 Å². The second-order valence-electron chi connectivity index (χ2n) is 7.54. The Morgan fingerprint density at radius 3 is 1.79 bits per heavy atom. The lowest BCUT2D eigenvalue weighted by molar-refractivity contribution is 0.111. The van der Waals surface area contributed by atoms with Gasteiger partial charge in [-0.15, -0.1) is 0 Å². The molecule has 2 saturated carbocycles. The molecule has 154 valence electrons. The van der Waals surface area contributed by atoms with E-state index in [2.05, 4.69) is 37.9 Å². The third kappa shape index (κ3) is 4.92. The second kappa shape index (κ2) is 9.90. The third-order valence-electron chi connectivity index (χ3n) is 5.79. The molecule has 2 aromatic rings. The highest BCUT2D eigenvalue weighted by Crippen LogP contribution is 2.43. The summed E-state index contributed by atoms with van der Waals surface area (Å²) < 4.78 is 7.14. The number of halogens is 2. The van der Waals surface area contributed by atoms with Crippen LogP contribution < -0.4 is 4.74 Å². The van der Waals surface area contributed by atoms with E-state index in [0.29, 0.717) is 29.2 Å². The lowest BCUT2D eigenvalue weighted by atomic mass is 9.79. The fourth-order valence-electron chi connectivity index (χ4n) is 3.74. The van der Waals surface area contributed by atoms with Crippen molar-refractivity contribution in [2.24, 2.45) is 0 Å². The van der Waals surface area contributed by atoms with Crippen LogP contribution in [0.15, 0.2) is 33.2 Å². The summed E-state index contributed by atoms with van der Waals surface area (Å²) in [4.78, 5) is 21.6. The molecule has 0 heterocycles. The molecule has 0 amide bonds. The fourth-order valence-corrected chi connectivity index (χ4v) is 4.73. The quantitative estimate of drug-likeness (QED) is 0.439. The number of hydrogen-bond donors (Lipinski definition) is 1. The Hall–Kier alpha value is -1.66. The number of methoxy groups -OCH3 is 1. The van der Waals surface area contributed by atoms with Gasteiger partial charge in [0.2, 0.25) is 0 Å². The van der Waals surface area contributed by atoms with E-state index in [4.69, 9.17) is 4.74 Å². The summed E-state index contributed by atoms with van der Waals surface area (Å²) in [6.07, 6.45) is 8.67. The molecule has 2 aliphatic carbocycles. The van der Waals surface area contributed by atoms with E-state index in [1.165, 1.54) is 31.2 Å². The lowest BCUT2D eigenvalue weighted by Gasteiger charge is -2.28. The number of phenolic OH excluding ortho intramolecular Hbond substituents is 1. The average molecular weight is 524 g/mol. The summed E-state index contributed by atoms with van der Waals surface area (Å²) in [7, 11) is 1.62. The van der Waals surface area contributed by atoms with Gasteiger partial charge in [0.1, 0.15) is 11.5 Å². The summed E-state index contributed by atoms with van der Waals surface area (Å²) in [5.74, 6) is 1.91. The van der Waals surface area contributed by atoms with Crippen LogP contribution in [0.25, 0.3) is 0 Å². The number of aromatic hydroxyl groups is 1. The third-order valence-corrected chi connectivity index (χ3v) is 6.71. The largest absolute Gasteiger partial charge is 0.507 e. The first-order valence-corrected chi connectivity index (χ1v) is 11.4. The van der Waals surface area contributed by atoms with Crippen LogP contribution in [0.2, 0.25) is 0 Å². The molecule has 0 bridgehead atoms. The highest BCUT2D eigenvalue weighted by Gasteiger charge is 2.25. The molecule has 0 unspecified atom stereocenters. The van der Waals surface area contributed by atoms with Crippen molar-refractivity contribution in [1.82, 2.24) is 0 Å². The van der Waals surface area contributed by atoms with Crippen molar-refractivity contribution in [1.29, 1.82) is 0 Å². The lowest BCUT2D eigenvalue weighted by Crippen LogP contribution is -2.11. The number of rotatable bonds is 5. The van der Waals surface area contributed by atoms with Gasteiger partial charge in [-0.3, -0.25) is 9.59 Å². The molecule has 0 radical (unpaired) electrons. The Kier molecular flexibility index (Phi) is 7.52. The summed E-state index contributed by atoms with van der Waals surface area (Å²) >= 11 is 6.76. The predicted molar refractivity (Wildman–Crippen MR) is 120 cm³/mol. The van der Waals surface area contributed by atoms with Crippen LogP contribution in [0.5, 0.6) is 11.5 Å². The Bertz CT molecular complexity index is 902. The number of phenols is 1. The van der Waals surface area contributed by atoms with Crippen molar-refractivity contribution in [3.63, 3.8) is 0 Å². The van der Waals surface area contributed by atoms with Gasteiger partial charge in [0.25, 0.3) is 0 Å². The van der Waals surface area contributed by atoms with Crippen LogP contribution in [0.4, 0.5) is 0 Å². The number of hydrogen-bond acceptors (Lipinski definition) is 4. The molecule has 0 spiro atoms. The summed E-state index contributed by atoms with van der Waals surface area (Å²) in [5.41, 5.74) is 3.09. The highest BCUT2D eigenvalue weighted by atomic mass is 79.9. The van der Waals surface area contributed by atoms with E-state index in [9.17, 15) is 14.7 Å². The van der Waals surface area contributed by atoms with Crippen LogP contribution in [0, 0.1) is 0 Å². The maximum absolute atomic E-state index is 10.9. The van der Waals surface area contributed by atoms with Crippen molar-refractivity contribution in [3.8, 4) is 11.5 Å². The average Bonchev–Trinajstić information content (AvgIpc) is 2.61. The van der Waals surface area contributed by atoms with Gasteiger partial charge in [-0.25, -0.2) is 0 Å². The molecule has 0 aromatic heterocycles. The molecule has 0 aliphatic heterocycles. The maximum atomic E-state index is 10.9. The molecule has 4 nitrogen and oxygen atoms in total. The van der Waals surface area contributed by atoms with E-state index < -0.39 is 0 Å². The Morgan fingerprint density at radius 2 is 1.34 bits per heavy atom. The van der Waals surface area contributed by atoms with Crippen molar-refractivity contribution >= 4 is 44.4 Å². The number of benzene rings is 2. The first-order valence-electron chi connectivity index (χ1n) is 9.78. The van der Waals surface area contributed by atoms with Gasteiger partial charge in [-0.05, 0) is 72.9 Å². The SMILES string of the molecule is COc1c(C=O)cc(Br)cc1C1CCC1.O=Cc1cc(Br)cc(C2CCC2)c1O. The summed E-state index contributed by atoms with van der Waals surface area (Å²) in [6, 6.07) is 7.42. The van der Waals surface area contributed by atoms with Gasteiger partial charge in [0, 0.05) is 8.95 Å². The molecular weight excluding hydrogens is 500 g/mol. The zero-order valence-corrected chi connectivity index (χ0v) is 19.5. The minimum absolute atomic E-state index is 0.160. The van der Waals surface area contributed by atoms with E-state index in [-0.39, 0.29) is 5.75 Å². The van der Waals surface area contributed by atoms with Crippen molar-refractivity contribution < 1.29 is 19.4 Å². The minimum atomic E-state index is 0.160. The fraction of sp³-hybridized carbons (Fsp3) is 0.391. The molecule has 0 atom stereocenters. The molecular formula is C23H24Br2O4. The Morgan fingerprint density at radius 1 is 0.862 bits per heavy atom. The molecule has 4 rings (SSSR count). The van der Waals surface area contributed by atoms with Gasteiger partial charge in [0.15, 0.2) is 12.6 Å². The van der Waals surface area contributed by atoms with Crippen LogP contribution in [-0.2, 0) is 0 Å². The maximum Gasteiger partial charge on any atom is 0.153 e. The Balaban J connectivity index is 0.000000166. The van der Waals surface area contributed by atoms with Crippen LogP contribution in [-0.4, -0.2) is 24.8 Å². The number of carbonyl (C=O) groups is 2. The van der Waals surface area contributed by atoms with Crippen LogP contribution in [0.1, 0.15) is 82.2 Å². The molecule has 6 heteroatoms. The monoisotopic (exact) mass is 522 g/mol. The van der Waals surface area contributed by atoms with Gasteiger partial charge in [0.05, 0.1) is 18.2 Å². The molecule has 2 aromatic carbocycles. The summed E-state index contributed by atoms with van der Waals surface area (Å²) in [5, 5.41) is 9.80. The highest BCUT2D eigenvalue weighted by molar-refractivity contribution is 9.10. The van der Waals surface area contributed by atoms with Crippen molar-refractivity contribution in [2.75, 3.05) is 7.11 Å². The predicted octanol–water partition coefficient (Wildman–Crippen LogP) is 6.77. The van der Waals surface area contributed by atoms with Crippen molar-refractivity contribution in [2.45, 2.75) is 50.4 Å². The number of aldehydes is 2. The summed E-state index contributed by atoms with van der Waals surface area (Å²) in [6.45, 7) is 0. The van der Waals surface area contributed by atoms with E-state index in [1.807, 2.05) is 6.07 Å². The van der Waals surface area contributed by atoms with Gasteiger partial charge < -0.3 is 9.84 Å². The first kappa shape index (κ1) is 22.0. The molecule has 1 N–H and O–H groups in total. The standard InChI is InChI=1S/C12H13BrO2.C11H11BrO2/c1-15-12-9(7-14)5-10(13)6-11(12)8-3-2-4-8;12-9-4-8(6-13)11(14)10(5-9)7-2-1-3-7/h5-8H,2-4H2,1H3;4-7,14H,1-3H2. The smallest absolute Gasteiger partial charge is 0.153 e. The molecule has 2 aliphatic rings. The van der Waals surface area contributed by atoms with Crippen molar-refractivity contribution in [3.05, 3.63) is 55.5 Å². The van der Waals surface area contributed by atoms with E-state index >= 15 is 0 Å². The zero-order chi connectivity index (χ0) is 21.0. The zero-order valence-electron chi connectivity index (χ0n) is 16.3. The molecule has 29 heavy (non-hydrogen) atoms. The first-order chi connectivity index (χ1) is 14.0. The number of carbonyl (C=O) groups excluding carboxylic acids is 2. The van der Waals surface area contributed by atoms with Crippen LogP contribution in [0.3, 0.4) is 0 Å². The van der Waals surface area contributed by atoms with Gasteiger partial charge in [-0.1, -0.05) is 44.7 Å². The minimum Gasteiger partial charge on any atom is -0.507 e. The van der Waals surface area contributed by atoms with E-state index in [1.54, 1.807) is 19.2 Å². The van der Waals surface area contributed by atoms with Gasteiger partial charge >= 0.3 is 0 Å². The normalized spacial score (nSPS) is 16.1. The number of ether oxygens (including phenoxy) is 1. The van der Waals surface area contributed by atoms with Crippen LogP contribution >= 0.6 is 31.9 Å². The molecule has 0 saturated heterocycles. The van der Waals surface area contributed by atoms with E-state index in [0.717, 1.165) is 39.4 Å². The topological polar surface area (TPSA) is 63.6 Å². The Labute approximate surface area is 187 Å². The second-order valence-corrected chi connectivity index (χ2v) is 9.37.